The standard InChI is InChI=1S/C31H32N6O3/c1-3-5-14-35(15-6-4-2)31(40)22-18-20-10-9-11-21-27(32-13-17-37(22)28(20)21)26-25(29(38)34-30(26)39)23-19-33-24-12-7-8-16-36(23)24/h7-13,16-17,19,22H,3-6,14-15,18H2,1-2H3,(H,34,38,39). The van der Waals surface area contributed by atoms with Gasteiger partial charge in [-0.2, -0.15) is 0 Å². The molecule has 1 atom stereocenters. The zero-order valence-electron chi connectivity index (χ0n) is 22.8. The highest BCUT2D eigenvalue weighted by Gasteiger charge is 2.42. The van der Waals surface area contributed by atoms with Gasteiger partial charge in [-0.05, 0) is 30.5 Å². The average Bonchev–Trinajstić information content (AvgIpc) is 3.59. The molecule has 3 aromatic rings. The van der Waals surface area contributed by atoms with Gasteiger partial charge in [-0.25, -0.2) is 4.98 Å². The van der Waals surface area contributed by atoms with Crippen molar-refractivity contribution >= 4 is 40.3 Å². The third kappa shape index (κ3) is 4.22. The van der Waals surface area contributed by atoms with Crippen LogP contribution in [-0.4, -0.2) is 56.8 Å². The van der Waals surface area contributed by atoms with E-state index in [2.05, 4.69) is 24.1 Å². The van der Waals surface area contributed by atoms with E-state index in [4.69, 9.17) is 4.99 Å². The molecule has 0 saturated heterocycles. The summed E-state index contributed by atoms with van der Waals surface area (Å²) in [7, 11) is 0. The molecule has 0 spiro atoms. The summed E-state index contributed by atoms with van der Waals surface area (Å²) in [5, 5.41) is 2.47. The Kier molecular flexibility index (Phi) is 6.79. The van der Waals surface area contributed by atoms with Crippen LogP contribution in [0.15, 0.2) is 71.8 Å². The summed E-state index contributed by atoms with van der Waals surface area (Å²) in [6, 6.07) is 11.0. The van der Waals surface area contributed by atoms with Gasteiger partial charge < -0.3 is 9.80 Å². The van der Waals surface area contributed by atoms with Crippen LogP contribution >= 0.6 is 0 Å². The van der Waals surface area contributed by atoms with E-state index in [-0.39, 0.29) is 23.1 Å². The van der Waals surface area contributed by atoms with E-state index < -0.39 is 11.8 Å². The van der Waals surface area contributed by atoms with Crippen LogP contribution in [0, 0.1) is 0 Å². The van der Waals surface area contributed by atoms with Crippen molar-refractivity contribution < 1.29 is 14.4 Å². The lowest BCUT2D eigenvalue weighted by molar-refractivity contribution is -0.132. The number of hydrogen-bond donors (Lipinski definition) is 1. The van der Waals surface area contributed by atoms with Crippen LogP contribution < -0.4 is 10.2 Å². The van der Waals surface area contributed by atoms with Gasteiger partial charge in [-0.15, -0.1) is 0 Å². The normalized spacial score (nSPS) is 17.8. The number of benzene rings is 1. The first-order chi connectivity index (χ1) is 19.5. The number of hydrogen-bond acceptors (Lipinski definition) is 6. The molecule has 0 bridgehead atoms. The van der Waals surface area contributed by atoms with Crippen molar-refractivity contribution in [1.82, 2.24) is 19.6 Å². The number of aliphatic imine (C=N–C) groups is 1. The second kappa shape index (κ2) is 10.6. The van der Waals surface area contributed by atoms with E-state index >= 15 is 0 Å². The molecule has 3 aliphatic heterocycles. The smallest absolute Gasteiger partial charge is 0.261 e. The highest BCUT2D eigenvalue weighted by atomic mass is 16.2. The average molecular weight is 537 g/mol. The maximum atomic E-state index is 13.9. The number of carbonyl (C=O) groups excluding carboxylic acids is 3. The van der Waals surface area contributed by atoms with Crippen LogP contribution in [0.1, 0.15) is 56.4 Å². The van der Waals surface area contributed by atoms with E-state index in [1.807, 2.05) is 58.6 Å². The summed E-state index contributed by atoms with van der Waals surface area (Å²) in [5.41, 5.74) is 4.63. The minimum atomic E-state index is -0.500. The third-order valence-electron chi connectivity index (χ3n) is 7.81. The Balaban J connectivity index is 1.43. The quantitative estimate of drug-likeness (QED) is 0.419. The SMILES string of the molecule is CCCCN(CCCC)C(=O)C1Cc2cccc3c2N1C=CN=C3C1=C(c2cnc3ccccn23)C(=O)NC1=O. The monoisotopic (exact) mass is 536 g/mol. The maximum absolute atomic E-state index is 13.9. The number of carbonyl (C=O) groups is 3. The number of imidazole rings is 1. The zero-order valence-corrected chi connectivity index (χ0v) is 22.8. The lowest BCUT2D eigenvalue weighted by Crippen LogP contribution is -2.46. The van der Waals surface area contributed by atoms with E-state index in [1.165, 1.54) is 0 Å². The van der Waals surface area contributed by atoms with E-state index in [0.29, 0.717) is 23.5 Å². The minimum absolute atomic E-state index is 0.108. The van der Waals surface area contributed by atoms with Gasteiger partial charge in [0.05, 0.1) is 34.4 Å². The van der Waals surface area contributed by atoms with E-state index in [1.54, 1.807) is 16.8 Å². The molecule has 9 heteroatoms. The fourth-order valence-electron chi connectivity index (χ4n) is 5.83. The molecule has 5 heterocycles. The number of fused-ring (bicyclic) bond motifs is 1. The second-order valence-electron chi connectivity index (χ2n) is 10.4. The van der Waals surface area contributed by atoms with E-state index in [9.17, 15) is 14.4 Å². The Morgan fingerprint density at radius 3 is 2.58 bits per heavy atom. The predicted molar refractivity (Wildman–Crippen MR) is 154 cm³/mol. The largest absolute Gasteiger partial charge is 0.341 e. The second-order valence-corrected chi connectivity index (χ2v) is 10.4. The fraction of sp³-hybridized carbons (Fsp3) is 0.323. The molecule has 3 amide bonds. The summed E-state index contributed by atoms with van der Waals surface area (Å²) >= 11 is 0. The molecular weight excluding hydrogens is 504 g/mol. The number of para-hydroxylation sites is 1. The Morgan fingerprint density at radius 2 is 1.80 bits per heavy atom. The Labute approximate surface area is 232 Å². The number of amides is 3. The Bertz CT molecular complexity index is 1610. The summed E-state index contributed by atoms with van der Waals surface area (Å²) < 4.78 is 1.79. The van der Waals surface area contributed by atoms with Crippen LogP contribution in [0.3, 0.4) is 0 Å². The van der Waals surface area contributed by atoms with Crippen LogP contribution in [0.5, 0.6) is 0 Å². The van der Waals surface area contributed by atoms with Gasteiger partial charge in [0.2, 0.25) is 5.91 Å². The van der Waals surface area contributed by atoms with Crippen LogP contribution in [0.25, 0.3) is 11.2 Å². The van der Waals surface area contributed by atoms with Crippen molar-refractivity contribution in [1.29, 1.82) is 0 Å². The molecule has 3 aliphatic rings. The number of anilines is 1. The maximum Gasteiger partial charge on any atom is 0.261 e. The molecule has 0 fully saturated rings. The highest BCUT2D eigenvalue weighted by Crippen LogP contribution is 2.40. The Hall–Kier alpha value is -4.53. The molecule has 1 unspecified atom stereocenters. The molecule has 40 heavy (non-hydrogen) atoms. The van der Waals surface area contributed by atoms with Gasteiger partial charge >= 0.3 is 0 Å². The summed E-state index contributed by atoms with van der Waals surface area (Å²) in [6.45, 7) is 5.75. The lowest BCUT2D eigenvalue weighted by atomic mass is 9.94. The summed E-state index contributed by atoms with van der Waals surface area (Å²) in [6.07, 6.45) is 11.4. The first kappa shape index (κ1) is 25.7. The summed E-state index contributed by atoms with van der Waals surface area (Å²) in [5.74, 6) is -0.877. The highest BCUT2D eigenvalue weighted by molar-refractivity contribution is 6.47. The lowest BCUT2D eigenvalue weighted by Gasteiger charge is -2.30. The molecule has 1 N–H and O–H groups in total. The topological polar surface area (TPSA) is 99.4 Å². The van der Waals surface area contributed by atoms with Crippen molar-refractivity contribution in [2.75, 3.05) is 18.0 Å². The van der Waals surface area contributed by atoms with Crippen molar-refractivity contribution in [2.45, 2.75) is 52.0 Å². The van der Waals surface area contributed by atoms with Gasteiger partial charge in [0.25, 0.3) is 11.8 Å². The van der Waals surface area contributed by atoms with Crippen LogP contribution in [-0.2, 0) is 20.8 Å². The van der Waals surface area contributed by atoms with Crippen molar-refractivity contribution in [3.05, 3.63) is 83.6 Å². The molecule has 204 valence electrons. The predicted octanol–water partition coefficient (Wildman–Crippen LogP) is 3.88. The molecule has 0 aliphatic carbocycles. The molecular formula is C31H32N6O3. The van der Waals surface area contributed by atoms with Gasteiger partial charge in [-0.3, -0.25) is 29.1 Å². The van der Waals surface area contributed by atoms with Gasteiger partial charge in [0.1, 0.15) is 11.7 Å². The van der Waals surface area contributed by atoms with Gasteiger partial charge in [0.15, 0.2) is 0 Å². The Morgan fingerprint density at radius 1 is 1.02 bits per heavy atom. The minimum Gasteiger partial charge on any atom is -0.341 e. The molecule has 0 saturated carbocycles. The number of unbranched alkanes of at least 4 members (excludes halogenated alkanes) is 2. The first-order valence-corrected chi connectivity index (χ1v) is 14.0. The molecule has 0 radical (unpaired) electrons. The number of pyridine rings is 1. The van der Waals surface area contributed by atoms with Crippen molar-refractivity contribution in [3.63, 3.8) is 0 Å². The van der Waals surface area contributed by atoms with Gasteiger partial charge in [0, 0.05) is 43.7 Å². The van der Waals surface area contributed by atoms with Crippen molar-refractivity contribution in [3.8, 4) is 0 Å². The third-order valence-corrected chi connectivity index (χ3v) is 7.81. The van der Waals surface area contributed by atoms with Crippen LogP contribution in [0.4, 0.5) is 5.69 Å². The summed E-state index contributed by atoms with van der Waals surface area (Å²) in [4.78, 5) is 53.5. The number of nitrogens with zero attached hydrogens (tertiary/aromatic N) is 5. The molecule has 9 nitrogen and oxygen atoms in total. The number of imide groups is 1. The number of nitrogens with one attached hydrogen (secondary N) is 1. The van der Waals surface area contributed by atoms with Crippen molar-refractivity contribution in [2.24, 2.45) is 4.99 Å². The number of rotatable bonds is 9. The number of aromatic nitrogens is 2. The fourth-order valence-corrected chi connectivity index (χ4v) is 5.83. The zero-order chi connectivity index (χ0) is 27.8. The molecule has 2 aromatic heterocycles. The van der Waals surface area contributed by atoms with Crippen LogP contribution in [0.2, 0.25) is 0 Å². The molecule has 6 rings (SSSR count). The molecule has 1 aromatic carbocycles. The first-order valence-electron chi connectivity index (χ1n) is 14.0. The van der Waals surface area contributed by atoms with E-state index in [0.717, 1.165) is 55.6 Å². The van der Waals surface area contributed by atoms with Gasteiger partial charge in [-0.1, -0.05) is 51.0 Å².